The van der Waals surface area contributed by atoms with Crippen molar-refractivity contribution in [2.75, 3.05) is 6.54 Å². The molecular weight excluding hydrogens is 357 g/mol. The van der Waals surface area contributed by atoms with E-state index in [1.165, 1.54) is 5.56 Å². The Morgan fingerprint density at radius 3 is 2.64 bits per heavy atom. The van der Waals surface area contributed by atoms with Crippen LogP contribution in [-0.2, 0) is 4.79 Å². The molecule has 25 heavy (non-hydrogen) atoms. The van der Waals surface area contributed by atoms with Gasteiger partial charge in [0, 0.05) is 6.54 Å². The monoisotopic (exact) mass is 377 g/mol. The van der Waals surface area contributed by atoms with E-state index in [9.17, 15) is 9.90 Å². The SMILES string of the molecule is Cc1ccc(C(c2cccc(Cl)c2Cl)N2CCCC2C(=O)O)c(C)c1. The Bertz CT molecular complexity index is 806. The third-order valence-corrected chi connectivity index (χ3v) is 5.74. The van der Waals surface area contributed by atoms with Crippen molar-refractivity contribution in [3.63, 3.8) is 0 Å². The molecule has 132 valence electrons. The van der Waals surface area contributed by atoms with Crippen molar-refractivity contribution in [2.24, 2.45) is 0 Å². The van der Waals surface area contributed by atoms with Gasteiger partial charge in [0.1, 0.15) is 6.04 Å². The van der Waals surface area contributed by atoms with Crippen molar-refractivity contribution >= 4 is 29.2 Å². The Balaban J connectivity index is 2.18. The zero-order valence-electron chi connectivity index (χ0n) is 14.3. The van der Waals surface area contributed by atoms with Gasteiger partial charge in [-0.15, -0.1) is 0 Å². The van der Waals surface area contributed by atoms with Gasteiger partial charge in [0.15, 0.2) is 0 Å². The first-order chi connectivity index (χ1) is 11.9. The van der Waals surface area contributed by atoms with Crippen molar-refractivity contribution in [1.29, 1.82) is 0 Å². The summed E-state index contributed by atoms with van der Waals surface area (Å²) in [4.78, 5) is 13.8. The minimum atomic E-state index is -0.787. The predicted molar refractivity (Wildman–Crippen MR) is 102 cm³/mol. The Hall–Kier alpha value is -1.55. The minimum Gasteiger partial charge on any atom is -0.480 e. The van der Waals surface area contributed by atoms with Crippen molar-refractivity contribution in [1.82, 2.24) is 4.90 Å². The molecule has 5 heteroatoms. The topological polar surface area (TPSA) is 40.5 Å². The summed E-state index contributed by atoms with van der Waals surface area (Å²) >= 11 is 12.8. The Morgan fingerprint density at radius 1 is 1.20 bits per heavy atom. The molecule has 1 fully saturated rings. The van der Waals surface area contributed by atoms with Gasteiger partial charge in [-0.25, -0.2) is 0 Å². The molecule has 1 saturated heterocycles. The first-order valence-electron chi connectivity index (χ1n) is 8.39. The van der Waals surface area contributed by atoms with Gasteiger partial charge in [-0.1, -0.05) is 59.1 Å². The van der Waals surface area contributed by atoms with E-state index in [4.69, 9.17) is 23.2 Å². The second-order valence-electron chi connectivity index (χ2n) is 6.64. The highest BCUT2D eigenvalue weighted by molar-refractivity contribution is 6.42. The lowest BCUT2D eigenvalue weighted by molar-refractivity contribution is -0.142. The van der Waals surface area contributed by atoms with Crippen LogP contribution in [0, 0.1) is 13.8 Å². The lowest BCUT2D eigenvalue weighted by Gasteiger charge is -2.33. The highest BCUT2D eigenvalue weighted by atomic mass is 35.5. The Morgan fingerprint density at radius 2 is 1.96 bits per heavy atom. The summed E-state index contributed by atoms with van der Waals surface area (Å²) in [6, 6.07) is 11.1. The van der Waals surface area contributed by atoms with Crippen molar-refractivity contribution in [3.8, 4) is 0 Å². The molecule has 0 aliphatic carbocycles. The van der Waals surface area contributed by atoms with Gasteiger partial charge in [-0.2, -0.15) is 0 Å². The fourth-order valence-electron chi connectivity index (χ4n) is 3.75. The van der Waals surface area contributed by atoms with Crippen LogP contribution in [0.5, 0.6) is 0 Å². The normalized spacial score (nSPS) is 19.1. The molecule has 0 spiro atoms. The summed E-state index contributed by atoms with van der Waals surface area (Å²) in [5, 5.41) is 10.6. The van der Waals surface area contributed by atoms with Gasteiger partial charge in [0.05, 0.1) is 16.1 Å². The molecule has 1 heterocycles. The molecule has 0 radical (unpaired) electrons. The number of carboxylic acids is 1. The molecule has 0 aromatic heterocycles. The third-order valence-electron chi connectivity index (χ3n) is 4.91. The number of benzene rings is 2. The molecule has 2 aromatic carbocycles. The summed E-state index contributed by atoms with van der Waals surface area (Å²) in [6.45, 7) is 4.82. The van der Waals surface area contributed by atoms with Crippen LogP contribution in [0.3, 0.4) is 0 Å². The summed E-state index contributed by atoms with van der Waals surface area (Å²) in [5.74, 6) is -0.787. The number of carbonyl (C=O) groups is 1. The number of nitrogens with zero attached hydrogens (tertiary/aromatic N) is 1. The molecule has 2 atom stereocenters. The zero-order chi connectivity index (χ0) is 18.1. The van der Waals surface area contributed by atoms with Crippen LogP contribution in [-0.4, -0.2) is 28.6 Å². The molecule has 0 bridgehead atoms. The standard InChI is InChI=1S/C20H21Cl2NO2/c1-12-8-9-14(13(2)11-12)19(15-5-3-6-16(21)18(15)22)23-10-4-7-17(23)20(24)25/h3,5-6,8-9,11,17,19H,4,7,10H2,1-2H3,(H,24,25). The lowest BCUT2D eigenvalue weighted by atomic mass is 9.92. The maximum Gasteiger partial charge on any atom is 0.320 e. The lowest BCUT2D eigenvalue weighted by Crippen LogP contribution is -2.39. The molecule has 1 N–H and O–H groups in total. The number of carboxylic acid groups (broad SMARTS) is 1. The molecule has 2 unspecified atom stereocenters. The van der Waals surface area contributed by atoms with Gasteiger partial charge >= 0.3 is 5.97 Å². The van der Waals surface area contributed by atoms with E-state index in [0.717, 1.165) is 29.7 Å². The zero-order valence-corrected chi connectivity index (χ0v) is 15.8. The van der Waals surface area contributed by atoms with Gasteiger partial charge in [-0.05, 0) is 49.4 Å². The third kappa shape index (κ3) is 3.55. The maximum atomic E-state index is 11.8. The average Bonchev–Trinajstić information content (AvgIpc) is 3.03. The van der Waals surface area contributed by atoms with E-state index in [-0.39, 0.29) is 6.04 Å². The number of hydrogen-bond donors (Lipinski definition) is 1. The molecular formula is C20H21Cl2NO2. The van der Waals surface area contributed by atoms with Crippen molar-refractivity contribution in [3.05, 3.63) is 68.7 Å². The molecule has 0 amide bonds. The Labute approximate surface area is 158 Å². The van der Waals surface area contributed by atoms with E-state index >= 15 is 0 Å². The first-order valence-corrected chi connectivity index (χ1v) is 9.15. The minimum absolute atomic E-state index is 0.226. The smallest absolute Gasteiger partial charge is 0.320 e. The Kier molecular flexibility index (Phi) is 5.38. The number of likely N-dealkylation sites (tertiary alicyclic amines) is 1. The van der Waals surface area contributed by atoms with Crippen LogP contribution in [0.1, 0.15) is 41.1 Å². The fourth-order valence-corrected chi connectivity index (χ4v) is 4.16. The first kappa shape index (κ1) is 18.2. The fraction of sp³-hybridized carbons (Fsp3) is 0.350. The number of aliphatic carboxylic acids is 1. The van der Waals surface area contributed by atoms with Crippen molar-refractivity contribution < 1.29 is 9.90 Å². The van der Waals surface area contributed by atoms with Crippen LogP contribution < -0.4 is 0 Å². The second-order valence-corrected chi connectivity index (χ2v) is 7.42. The highest BCUT2D eigenvalue weighted by Crippen LogP contribution is 2.41. The summed E-state index contributed by atoms with van der Waals surface area (Å²) < 4.78 is 0. The van der Waals surface area contributed by atoms with Crippen molar-refractivity contribution in [2.45, 2.75) is 38.8 Å². The molecule has 1 aliphatic rings. The number of rotatable bonds is 4. The van der Waals surface area contributed by atoms with Crippen LogP contribution in [0.2, 0.25) is 10.0 Å². The van der Waals surface area contributed by atoms with Gasteiger partial charge < -0.3 is 5.11 Å². The average molecular weight is 378 g/mol. The van der Waals surface area contributed by atoms with E-state index in [1.807, 2.05) is 24.0 Å². The van der Waals surface area contributed by atoms with Crippen LogP contribution in [0.25, 0.3) is 0 Å². The van der Waals surface area contributed by atoms with Crippen LogP contribution >= 0.6 is 23.2 Å². The summed E-state index contributed by atoms with van der Waals surface area (Å²) in [7, 11) is 0. The van der Waals surface area contributed by atoms with Gasteiger partial charge in [0.2, 0.25) is 0 Å². The number of hydrogen-bond acceptors (Lipinski definition) is 2. The molecule has 2 aromatic rings. The quantitative estimate of drug-likeness (QED) is 0.790. The highest BCUT2D eigenvalue weighted by Gasteiger charge is 2.38. The predicted octanol–water partition coefficient (Wildman–Crippen LogP) is 5.25. The molecule has 3 nitrogen and oxygen atoms in total. The maximum absolute atomic E-state index is 11.8. The van der Waals surface area contributed by atoms with E-state index in [0.29, 0.717) is 16.5 Å². The van der Waals surface area contributed by atoms with Gasteiger partial charge in [-0.3, -0.25) is 9.69 Å². The number of aryl methyl sites for hydroxylation is 2. The molecule has 0 saturated carbocycles. The summed E-state index contributed by atoms with van der Waals surface area (Å²) in [5.41, 5.74) is 4.22. The molecule has 1 aliphatic heterocycles. The van der Waals surface area contributed by atoms with E-state index < -0.39 is 12.0 Å². The molecule has 3 rings (SSSR count). The van der Waals surface area contributed by atoms with Crippen LogP contribution in [0.15, 0.2) is 36.4 Å². The van der Waals surface area contributed by atoms with Crippen LogP contribution in [0.4, 0.5) is 0 Å². The largest absolute Gasteiger partial charge is 0.480 e. The van der Waals surface area contributed by atoms with Gasteiger partial charge in [0.25, 0.3) is 0 Å². The number of halogens is 2. The van der Waals surface area contributed by atoms with E-state index in [1.54, 1.807) is 6.07 Å². The second kappa shape index (κ2) is 7.36. The van der Waals surface area contributed by atoms with E-state index in [2.05, 4.69) is 25.1 Å². The summed E-state index contributed by atoms with van der Waals surface area (Å²) in [6.07, 6.45) is 1.51.